The molecule has 1 aliphatic rings. The first-order chi connectivity index (χ1) is 6.77. The van der Waals surface area contributed by atoms with Crippen LogP contribution >= 0.6 is 0 Å². The Hall–Kier alpha value is -0.830. The van der Waals surface area contributed by atoms with Crippen molar-refractivity contribution < 1.29 is 0 Å². The molecule has 78 valence electrons. The Morgan fingerprint density at radius 1 is 1.64 bits per heavy atom. The second kappa shape index (κ2) is 4.13. The summed E-state index contributed by atoms with van der Waals surface area (Å²) in [7, 11) is 0. The van der Waals surface area contributed by atoms with Crippen molar-refractivity contribution in [1.82, 2.24) is 14.9 Å². The van der Waals surface area contributed by atoms with Crippen LogP contribution in [0.25, 0.3) is 0 Å². The Balaban J connectivity index is 1.69. The summed E-state index contributed by atoms with van der Waals surface area (Å²) in [5.41, 5.74) is 0. The molecule has 1 heterocycles. The molecule has 0 radical (unpaired) electrons. The number of aromatic nitrogens is 2. The summed E-state index contributed by atoms with van der Waals surface area (Å²) in [5.74, 6) is 2.05. The summed E-state index contributed by atoms with van der Waals surface area (Å²) in [5, 5.41) is 3.56. The van der Waals surface area contributed by atoms with E-state index >= 15 is 0 Å². The molecular formula is C11H19N3. The second-order valence-corrected chi connectivity index (χ2v) is 4.25. The molecule has 1 aromatic rings. The molecule has 3 nitrogen and oxygen atoms in total. The third kappa shape index (κ3) is 2.35. The van der Waals surface area contributed by atoms with Crippen LogP contribution < -0.4 is 5.32 Å². The van der Waals surface area contributed by atoms with Crippen LogP contribution in [0.1, 0.15) is 25.6 Å². The Labute approximate surface area is 85.5 Å². The summed E-state index contributed by atoms with van der Waals surface area (Å²) < 4.78 is 2.19. The molecule has 0 spiro atoms. The third-order valence-electron chi connectivity index (χ3n) is 3.07. The zero-order valence-electron chi connectivity index (χ0n) is 9.03. The van der Waals surface area contributed by atoms with E-state index in [9.17, 15) is 0 Å². The van der Waals surface area contributed by atoms with Gasteiger partial charge in [-0.15, -0.1) is 0 Å². The fraction of sp³-hybridized carbons (Fsp3) is 0.727. The molecule has 0 bridgehead atoms. The molecule has 3 heteroatoms. The number of hydrogen-bond acceptors (Lipinski definition) is 2. The summed E-state index contributed by atoms with van der Waals surface area (Å²) in [6.45, 7) is 6.42. The summed E-state index contributed by atoms with van der Waals surface area (Å²) in [4.78, 5) is 4.20. The van der Waals surface area contributed by atoms with Gasteiger partial charge >= 0.3 is 0 Å². The standard InChI is InChI=1S/C11H19N3/c1-9(11-3-4-11)12-5-7-14-8-6-13-10(14)2/h6,8-9,11-12H,3-5,7H2,1-2H3. The number of nitrogens with one attached hydrogen (secondary N) is 1. The fourth-order valence-corrected chi connectivity index (χ4v) is 1.82. The number of rotatable bonds is 5. The van der Waals surface area contributed by atoms with E-state index in [1.807, 2.05) is 19.3 Å². The van der Waals surface area contributed by atoms with Crippen molar-refractivity contribution in [1.29, 1.82) is 0 Å². The minimum Gasteiger partial charge on any atom is -0.334 e. The second-order valence-electron chi connectivity index (χ2n) is 4.25. The highest BCUT2D eigenvalue weighted by atomic mass is 15.1. The van der Waals surface area contributed by atoms with E-state index in [1.165, 1.54) is 12.8 Å². The maximum atomic E-state index is 4.20. The van der Waals surface area contributed by atoms with Crippen LogP contribution in [0.2, 0.25) is 0 Å². The predicted octanol–water partition coefficient (Wildman–Crippen LogP) is 1.58. The minimum absolute atomic E-state index is 0.693. The highest BCUT2D eigenvalue weighted by Crippen LogP contribution is 2.32. The topological polar surface area (TPSA) is 29.9 Å². The van der Waals surface area contributed by atoms with Crippen LogP contribution in [0.15, 0.2) is 12.4 Å². The number of hydrogen-bond donors (Lipinski definition) is 1. The van der Waals surface area contributed by atoms with Crippen LogP contribution in [-0.4, -0.2) is 22.1 Å². The van der Waals surface area contributed by atoms with E-state index in [2.05, 4.69) is 21.8 Å². The molecule has 1 aliphatic carbocycles. The maximum Gasteiger partial charge on any atom is 0.105 e. The quantitative estimate of drug-likeness (QED) is 0.769. The first-order valence-corrected chi connectivity index (χ1v) is 5.48. The van der Waals surface area contributed by atoms with Gasteiger partial charge in [-0.05, 0) is 32.6 Å². The van der Waals surface area contributed by atoms with E-state index in [1.54, 1.807) is 0 Å². The van der Waals surface area contributed by atoms with Gasteiger partial charge in [0.2, 0.25) is 0 Å². The zero-order valence-corrected chi connectivity index (χ0v) is 9.03. The van der Waals surface area contributed by atoms with Gasteiger partial charge in [0, 0.05) is 31.5 Å². The average molecular weight is 193 g/mol. The molecule has 1 atom stereocenters. The predicted molar refractivity (Wildman–Crippen MR) is 57.2 cm³/mol. The van der Waals surface area contributed by atoms with Crippen molar-refractivity contribution in [3.63, 3.8) is 0 Å². The van der Waals surface area contributed by atoms with Crippen LogP contribution in [0.3, 0.4) is 0 Å². The van der Waals surface area contributed by atoms with Crippen molar-refractivity contribution in [3.05, 3.63) is 18.2 Å². The lowest BCUT2D eigenvalue weighted by Crippen LogP contribution is -2.31. The fourth-order valence-electron chi connectivity index (χ4n) is 1.82. The van der Waals surface area contributed by atoms with Crippen LogP contribution in [-0.2, 0) is 6.54 Å². The lowest BCUT2D eigenvalue weighted by atomic mass is 10.2. The van der Waals surface area contributed by atoms with Gasteiger partial charge in [-0.3, -0.25) is 0 Å². The van der Waals surface area contributed by atoms with E-state index in [4.69, 9.17) is 0 Å². The van der Waals surface area contributed by atoms with E-state index in [0.29, 0.717) is 6.04 Å². The number of nitrogens with zero attached hydrogens (tertiary/aromatic N) is 2. The van der Waals surface area contributed by atoms with Gasteiger partial charge in [-0.2, -0.15) is 0 Å². The van der Waals surface area contributed by atoms with Crippen LogP contribution in [0.4, 0.5) is 0 Å². The van der Waals surface area contributed by atoms with Crippen molar-refractivity contribution >= 4 is 0 Å². The van der Waals surface area contributed by atoms with Crippen LogP contribution in [0.5, 0.6) is 0 Å². The van der Waals surface area contributed by atoms with Crippen molar-refractivity contribution in [2.24, 2.45) is 5.92 Å². The number of imidazole rings is 1. The normalized spacial score (nSPS) is 18.4. The van der Waals surface area contributed by atoms with Gasteiger partial charge in [-0.1, -0.05) is 0 Å². The van der Waals surface area contributed by atoms with Gasteiger partial charge in [0.15, 0.2) is 0 Å². The molecular weight excluding hydrogens is 174 g/mol. The van der Waals surface area contributed by atoms with Gasteiger partial charge in [0.25, 0.3) is 0 Å². The zero-order chi connectivity index (χ0) is 9.97. The summed E-state index contributed by atoms with van der Waals surface area (Å²) in [6, 6.07) is 0.693. The third-order valence-corrected chi connectivity index (χ3v) is 3.07. The molecule has 2 rings (SSSR count). The molecule has 1 unspecified atom stereocenters. The molecule has 0 aliphatic heterocycles. The largest absolute Gasteiger partial charge is 0.334 e. The molecule has 0 saturated heterocycles. The van der Waals surface area contributed by atoms with Gasteiger partial charge in [0.1, 0.15) is 5.82 Å². The van der Waals surface area contributed by atoms with Gasteiger partial charge in [0.05, 0.1) is 0 Å². The van der Waals surface area contributed by atoms with Crippen molar-refractivity contribution in [2.45, 2.75) is 39.3 Å². The molecule has 0 aromatic carbocycles. The number of aryl methyl sites for hydroxylation is 1. The molecule has 0 amide bonds. The first-order valence-electron chi connectivity index (χ1n) is 5.48. The Morgan fingerprint density at radius 3 is 3.00 bits per heavy atom. The Bertz CT molecular complexity index is 288. The lowest BCUT2D eigenvalue weighted by Gasteiger charge is -2.13. The Morgan fingerprint density at radius 2 is 2.43 bits per heavy atom. The molecule has 1 saturated carbocycles. The monoisotopic (exact) mass is 193 g/mol. The minimum atomic E-state index is 0.693. The van der Waals surface area contributed by atoms with E-state index in [0.717, 1.165) is 24.8 Å². The summed E-state index contributed by atoms with van der Waals surface area (Å²) >= 11 is 0. The molecule has 1 aromatic heterocycles. The van der Waals surface area contributed by atoms with Gasteiger partial charge in [-0.25, -0.2) is 4.98 Å². The smallest absolute Gasteiger partial charge is 0.105 e. The van der Waals surface area contributed by atoms with E-state index in [-0.39, 0.29) is 0 Å². The Kier molecular flexibility index (Phi) is 2.87. The highest BCUT2D eigenvalue weighted by molar-refractivity contribution is 4.89. The SMILES string of the molecule is Cc1nccn1CCNC(C)C1CC1. The molecule has 1 N–H and O–H groups in total. The highest BCUT2D eigenvalue weighted by Gasteiger charge is 2.27. The first kappa shape index (κ1) is 9.71. The molecule has 1 fully saturated rings. The van der Waals surface area contributed by atoms with Crippen molar-refractivity contribution in [3.8, 4) is 0 Å². The van der Waals surface area contributed by atoms with Crippen LogP contribution in [0, 0.1) is 12.8 Å². The average Bonchev–Trinajstić information content (AvgIpc) is 2.93. The van der Waals surface area contributed by atoms with E-state index < -0.39 is 0 Å². The van der Waals surface area contributed by atoms with Gasteiger partial charge < -0.3 is 9.88 Å². The molecule has 14 heavy (non-hydrogen) atoms. The lowest BCUT2D eigenvalue weighted by molar-refractivity contribution is 0.473. The maximum absolute atomic E-state index is 4.20. The summed E-state index contributed by atoms with van der Waals surface area (Å²) in [6.07, 6.45) is 6.73. The van der Waals surface area contributed by atoms with Crippen molar-refractivity contribution in [2.75, 3.05) is 6.54 Å².